The number of hydrogen-bond donors (Lipinski definition) is 2. The van der Waals surface area contributed by atoms with Gasteiger partial charge in [-0.2, -0.15) is 0 Å². The van der Waals surface area contributed by atoms with Gasteiger partial charge in [-0.15, -0.1) is 0 Å². The van der Waals surface area contributed by atoms with Crippen LogP contribution in [-0.2, 0) is 0 Å². The molecule has 2 heterocycles. The molecule has 1 aromatic carbocycles. The molecule has 0 aliphatic carbocycles. The van der Waals surface area contributed by atoms with Crippen LogP contribution in [0.3, 0.4) is 0 Å². The number of hydrogen-bond acceptors (Lipinski definition) is 4. The molecule has 5 heteroatoms. The third kappa shape index (κ3) is 2.14. The van der Waals surface area contributed by atoms with E-state index in [9.17, 15) is 4.79 Å². The zero-order valence-electron chi connectivity index (χ0n) is 11.9. The minimum Gasteiger partial charge on any atom is -0.454 e. The van der Waals surface area contributed by atoms with Gasteiger partial charge in [0, 0.05) is 28.8 Å². The van der Waals surface area contributed by atoms with E-state index in [1.165, 1.54) is 0 Å². The number of aryl methyl sites for hydroxylation is 1. The summed E-state index contributed by atoms with van der Waals surface area (Å²) in [5.74, 6) is 1.50. The van der Waals surface area contributed by atoms with Crippen molar-refractivity contribution in [3.05, 3.63) is 23.4 Å². The molecule has 1 aliphatic heterocycles. The second kappa shape index (κ2) is 4.83. The maximum atomic E-state index is 12.4. The molecule has 0 atom stereocenters. The Labute approximate surface area is 117 Å². The number of ether oxygens (including phenoxy) is 2. The zero-order chi connectivity index (χ0) is 14.3. The van der Waals surface area contributed by atoms with Crippen LogP contribution < -0.4 is 14.8 Å². The Kier molecular flexibility index (Phi) is 3.14. The fourth-order valence-corrected chi connectivity index (χ4v) is 2.46. The van der Waals surface area contributed by atoms with Crippen LogP contribution in [0.5, 0.6) is 11.5 Å². The number of aromatic amines is 1. The van der Waals surface area contributed by atoms with E-state index in [4.69, 9.17) is 9.47 Å². The molecule has 3 rings (SSSR count). The smallest absolute Gasteiger partial charge is 0.231 e. The third-order valence-electron chi connectivity index (χ3n) is 3.43. The minimum absolute atomic E-state index is 0.0846. The summed E-state index contributed by atoms with van der Waals surface area (Å²) in [6.07, 6.45) is 0. The average Bonchev–Trinajstić information content (AvgIpc) is 2.95. The molecule has 0 fully saturated rings. The standard InChI is InChI=1S/C15H18N2O3/c1-8(2)16-6-12(18)15-9(3)17-11-5-14-13(4-10(11)15)19-7-20-14/h4-5,8,16-17H,6-7H2,1-3H3. The maximum absolute atomic E-state index is 12.4. The summed E-state index contributed by atoms with van der Waals surface area (Å²) in [5, 5.41) is 4.05. The number of ketones is 1. The summed E-state index contributed by atoms with van der Waals surface area (Å²) in [6, 6.07) is 4.05. The molecule has 0 amide bonds. The number of benzene rings is 1. The lowest BCUT2D eigenvalue weighted by Gasteiger charge is -2.07. The fourth-order valence-electron chi connectivity index (χ4n) is 2.46. The van der Waals surface area contributed by atoms with E-state index in [1.807, 2.05) is 32.9 Å². The molecule has 0 spiro atoms. The van der Waals surface area contributed by atoms with Gasteiger partial charge in [-0.3, -0.25) is 4.79 Å². The van der Waals surface area contributed by atoms with Crippen LogP contribution >= 0.6 is 0 Å². The van der Waals surface area contributed by atoms with Gasteiger partial charge >= 0.3 is 0 Å². The number of carbonyl (C=O) groups excluding carboxylic acids is 1. The van der Waals surface area contributed by atoms with Gasteiger partial charge < -0.3 is 19.8 Å². The Hall–Kier alpha value is -2.01. The van der Waals surface area contributed by atoms with Crippen LogP contribution in [0.4, 0.5) is 0 Å². The molecule has 0 saturated carbocycles. The average molecular weight is 274 g/mol. The van der Waals surface area contributed by atoms with Gasteiger partial charge in [-0.1, -0.05) is 13.8 Å². The molecule has 1 aromatic heterocycles. The first-order chi connectivity index (χ1) is 9.56. The van der Waals surface area contributed by atoms with Gasteiger partial charge in [0.25, 0.3) is 0 Å². The first-order valence-corrected chi connectivity index (χ1v) is 6.74. The zero-order valence-corrected chi connectivity index (χ0v) is 11.9. The molecule has 0 unspecified atom stereocenters. The summed E-state index contributed by atoms with van der Waals surface area (Å²) < 4.78 is 10.7. The van der Waals surface area contributed by atoms with E-state index in [-0.39, 0.29) is 18.6 Å². The lowest BCUT2D eigenvalue weighted by Crippen LogP contribution is -2.29. The number of fused-ring (bicyclic) bond motifs is 2. The van der Waals surface area contributed by atoms with Crippen molar-refractivity contribution in [1.29, 1.82) is 0 Å². The predicted octanol–water partition coefficient (Wildman–Crippen LogP) is 2.39. The molecule has 0 radical (unpaired) electrons. The van der Waals surface area contributed by atoms with Crippen LogP contribution in [0.15, 0.2) is 12.1 Å². The number of carbonyl (C=O) groups is 1. The fraction of sp³-hybridized carbons (Fsp3) is 0.400. The van der Waals surface area contributed by atoms with E-state index in [2.05, 4.69) is 10.3 Å². The van der Waals surface area contributed by atoms with Crippen molar-refractivity contribution in [3.63, 3.8) is 0 Å². The second-order valence-corrected chi connectivity index (χ2v) is 5.33. The van der Waals surface area contributed by atoms with Crippen molar-refractivity contribution < 1.29 is 14.3 Å². The molecular formula is C15H18N2O3. The van der Waals surface area contributed by atoms with Gasteiger partial charge in [0.15, 0.2) is 17.3 Å². The van der Waals surface area contributed by atoms with E-state index in [0.29, 0.717) is 12.3 Å². The SMILES string of the molecule is Cc1[nH]c2cc3c(cc2c1C(=O)CNC(C)C)OCO3. The summed E-state index contributed by atoms with van der Waals surface area (Å²) in [4.78, 5) is 15.6. The molecule has 20 heavy (non-hydrogen) atoms. The van der Waals surface area contributed by atoms with Crippen molar-refractivity contribution in [2.45, 2.75) is 26.8 Å². The van der Waals surface area contributed by atoms with Gasteiger partial charge in [0.1, 0.15) is 0 Å². The second-order valence-electron chi connectivity index (χ2n) is 5.33. The number of rotatable bonds is 4. The van der Waals surface area contributed by atoms with Crippen molar-refractivity contribution in [2.24, 2.45) is 0 Å². The molecule has 2 N–H and O–H groups in total. The number of nitrogens with one attached hydrogen (secondary N) is 2. The van der Waals surface area contributed by atoms with Crippen LogP contribution in [0.1, 0.15) is 29.9 Å². The monoisotopic (exact) mass is 274 g/mol. The van der Waals surface area contributed by atoms with Crippen LogP contribution in [0.2, 0.25) is 0 Å². The molecule has 1 aliphatic rings. The largest absolute Gasteiger partial charge is 0.454 e. The molecule has 106 valence electrons. The Morgan fingerprint density at radius 2 is 2.05 bits per heavy atom. The van der Waals surface area contributed by atoms with Crippen molar-refractivity contribution >= 4 is 16.7 Å². The first-order valence-electron chi connectivity index (χ1n) is 6.74. The summed E-state index contributed by atoms with van der Waals surface area (Å²) >= 11 is 0. The number of aromatic nitrogens is 1. The Balaban J connectivity index is 2.02. The van der Waals surface area contributed by atoms with Crippen molar-refractivity contribution in [1.82, 2.24) is 10.3 Å². The maximum Gasteiger partial charge on any atom is 0.231 e. The van der Waals surface area contributed by atoms with Gasteiger partial charge in [0.2, 0.25) is 6.79 Å². The van der Waals surface area contributed by atoms with E-state index >= 15 is 0 Å². The molecular weight excluding hydrogens is 256 g/mol. The summed E-state index contributed by atoms with van der Waals surface area (Å²) in [7, 11) is 0. The molecule has 0 saturated heterocycles. The van der Waals surface area contributed by atoms with E-state index in [0.717, 1.165) is 27.9 Å². The van der Waals surface area contributed by atoms with Gasteiger partial charge in [-0.05, 0) is 13.0 Å². The highest BCUT2D eigenvalue weighted by Gasteiger charge is 2.21. The Morgan fingerprint density at radius 3 is 2.75 bits per heavy atom. The van der Waals surface area contributed by atoms with Gasteiger partial charge in [0.05, 0.1) is 12.1 Å². The summed E-state index contributed by atoms with van der Waals surface area (Å²) in [5.41, 5.74) is 2.50. The van der Waals surface area contributed by atoms with Crippen LogP contribution in [0, 0.1) is 6.92 Å². The van der Waals surface area contributed by atoms with Crippen molar-refractivity contribution in [2.75, 3.05) is 13.3 Å². The normalized spacial score (nSPS) is 13.4. The molecule has 2 aromatic rings. The first kappa shape index (κ1) is 13.0. The molecule has 0 bridgehead atoms. The Bertz CT molecular complexity index is 673. The Morgan fingerprint density at radius 1 is 1.35 bits per heavy atom. The highest BCUT2D eigenvalue weighted by Crippen LogP contribution is 2.37. The lowest BCUT2D eigenvalue weighted by molar-refractivity contribution is 0.0989. The van der Waals surface area contributed by atoms with Gasteiger partial charge in [-0.25, -0.2) is 0 Å². The third-order valence-corrected chi connectivity index (χ3v) is 3.43. The topological polar surface area (TPSA) is 63.4 Å². The van der Waals surface area contributed by atoms with E-state index in [1.54, 1.807) is 0 Å². The van der Waals surface area contributed by atoms with E-state index < -0.39 is 0 Å². The highest BCUT2D eigenvalue weighted by molar-refractivity contribution is 6.10. The number of Topliss-reactive ketones (excluding diaryl/α,β-unsaturated/α-hetero) is 1. The highest BCUT2D eigenvalue weighted by atomic mass is 16.7. The van der Waals surface area contributed by atoms with Crippen LogP contribution in [0.25, 0.3) is 10.9 Å². The van der Waals surface area contributed by atoms with Crippen LogP contribution in [-0.4, -0.2) is 30.1 Å². The molecule has 5 nitrogen and oxygen atoms in total. The lowest BCUT2D eigenvalue weighted by atomic mass is 10.1. The minimum atomic E-state index is 0.0846. The predicted molar refractivity (Wildman–Crippen MR) is 76.6 cm³/mol. The van der Waals surface area contributed by atoms with Crippen molar-refractivity contribution in [3.8, 4) is 11.5 Å². The summed E-state index contributed by atoms with van der Waals surface area (Å²) in [6.45, 7) is 6.52. The number of H-pyrrole nitrogens is 1. The quantitative estimate of drug-likeness (QED) is 0.840.